The van der Waals surface area contributed by atoms with Crippen molar-refractivity contribution in [3.63, 3.8) is 0 Å². The Hall–Kier alpha value is -2.05. The van der Waals surface area contributed by atoms with Gasteiger partial charge in [0.05, 0.1) is 24.0 Å². The summed E-state index contributed by atoms with van der Waals surface area (Å²) in [7, 11) is 0. The van der Waals surface area contributed by atoms with E-state index in [1.165, 1.54) is 0 Å². The molecule has 1 amide bonds. The van der Waals surface area contributed by atoms with Crippen LogP contribution < -0.4 is 14.8 Å². The minimum absolute atomic E-state index is 0.118. The van der Waals surface area contributed by atoms with Gasteiger partial charge in [0.1, 0.15) is 18.1 Å². The van der Waals surface area contributed by atoms with Crippen LogP contribution in [0.15, 0.2) is 46.9 Å². The number of rotatable bonds is 8. The molecule has 0 radical (unpaired) electrons. The molecule has 0 saturated carbocycles. The van der Waals surface area contributed by atoms with Gasteiger partial charge in [-0.05, 0) is 49.6 Å². The van der Waals surface area contributed by atoms with E-state index in [0.29, 0.717) is 36.0 Å². The fourth-order valence-corrected chi connectivity index (χ4v) is 3.22. The summed E-state index contributed by atoms with van der Waals surface area (Å²) in [6.45, 7) is 3.85. The van der Waals surface area contributed by atoms with E-state index in [1.807, 2.05) is 37.3 Å². The minimum Gasteiger partial charge on any atom is -0.493 e. The largest absolute Gasteiger partial charge is 0.493 e. The van der Waals surface area contributed by atoms with Crippen molar-refractivity contribution in [2.24, 2.45) is 0 Å². The van der Waals surface area contributed by atoms with Crippen molar-refractivity contribution >= 4 is 27.5 Å². The predicted molar refractivity (Wildman–Crippen MR) is 109 cm³/mol. The second-order valence-electron chi connectivity index (χ2n) is 6.39. The Labute approximate surface area is 168 Å². The fraction of sp³-hybridized carbons (Fsp3) is 0.381. The molecule has 0 spiro atoms. The summed E-state index contributed by atoms with van der Waals surface area (Å²) in [6, 6.07) is 12.8. The van der Waals surface area contributed by atoms with Crippen molar-refractivity contribution in [1.82, 2.24) is 0 Å². The molecule has 0 aliphatic carbocycles. The van der Waals surface area contributed by atoms with E-state index in [9.17, 15) is 4.79 Å². The highest BCUT2D eigenvalue weighted by Gasteiger charge is 2.18. The van der Waals surface area contributed by atoms with E-state index in [2.05, 4.69) is 21.2 Å². The SMILES string of the molecule is CCCOc1ccc(Br)cc1C(=O)Nc1ccccc1OCC1CCCO1. The van der Waals surface area contributed by atoms with Crippen LogP contribution >= 0.6 is 15.9 Å². The van der Waals surface area contributed by atoms with E-state index in [0.717, 1.165) is 30.3 Å². The second-order valence-corrected chi connectivity index (χ2v) is 7.30. The molecule has 1 N–H and O–H groups in total. The van der Waals surface area contributed by atoms with Crippen LogP contribution in [-0.2, 0) is 4.74 Å². The zero-order chi connectivity index (χ0) is 19.1. The standard InChI is InChI=1S/C21H24BrNO4/c1-2-11-26-19-10-9-15(22)13-17(19)21(24)23-18-7-3-4-8-20(18)27-14-16-6-5-12-25-16/h3-4,7-10,13,16H,2,5-6,11-12,14H2,1H3,(H,23,24). The number of amides is 1. The van der Waals surface area contributed by atoms with Crippen LogP contribution in [0.1, 0.15) is 36.5 Å². The lowest BCUT2D eigenvalue weighted by Gasteiger charge is -2.16. The van der Waals surface area contributed by atoms with Crippen LogP contribution in [0.3, 0.4) is 0 Å². The molecular weight excluding hydrogens is 410 g/mol. The number of nitrogens with one attached hydrogen (secondary N) is 1. The zero-order valence-electron chi connectivity index (χ0n) is 15.4. The quantitative estimate of drug-likeness (QED) is 0.632. The molecule has 144 valence electrons. The Morgan fingerprint density at radius 1 is 1.22 bits per heavy atom. The number of anilines is 1. The van der Waals surface area contributed by atoms with Crippen LogP contribution in [0.4, 0.5) is 5.69 Å². The highest BCUT2D eigenvalue weighted by molar-refractivity contribution is 9.10. The molecule has 0 bridgehead atoms. The van der Waals surface area contributed by atoms with Gasteiger partial charge in [-0.15, -0.1) is 0 Å². The smallest absolute Gasteiger partial charge is 0.259 e. The third kappa shape index (κ3) is 5.47. The molecule has 1 fully saturated rings. The Morgan fingerprint density at radius 3 is 2.85 bits per heavy atom. The first-order chi connectivity index (χ1) is 13.2. The first-order valence-corrected chi connectivity index (χ1v) is 10.0. The molecule has 1 atom stereocenters. The van der Waals surface area contributed by atoms with Gasteiger partial charge in [-0.1, -0.05) is 35.0 Å². The minimum atomic E-state index is -0.240. The summed E-state index contributed by atoms with van der Waals surface area (Å²) >= 11 is 3.42. The topological polar surface area (TPSA) is 56.8 Å². The van der Waals surface area contributed by atoms with Crippen molar-refractivity contribution in [1.29, 1.82) is 0 Å². The summed E-state index contributed by atoms with van der Waals surface area (Å²) < 4.78 is 18.0. The van der Waals surface area contributed by atoms with E-state index in [4.69, 9.17) is 14.2 Å². The molecule has 2 aromatic rings. The Kier molecular flexibility index (Phi) is 7.12. The van der Waals surface area contributed by atoms with Gasteiger partial charge in [0, 0.05) is 11.1 Å². The van der Waals surface area contributed by atoms with Gasteiger partial charge in [-0.3, -0.25) is 4.79 Å². The second kappa shape index (κ2) is 9.76. The van der Waals surface area contributed by atoms with Crippen LogP contribution in [0.2, 0.25) is 0 Å². The number of hydrogen-bond donors (Lipinski definition) is 1. The number of carbonyl (C=O) groups is 1. The van der Waals surface area contributed by atoms with Gasteiger partial charge in [0.2, 0.25) is 0 Å². The average Bonchev–Trinajstić information content (AvgIpc) is 3.20. The summed E-state index contributed by atoms with van der Waals surface area (Å²) in [5.41, 5.74) is 1.11. The van der Waals surface area contributed by atoms with E-state index in [1.54, 1.807) is 12.1 Å². The first-order valence-electron chi connectivity index (χ1n) is 9.24. The van der Waals surface area contributed by atoms with Gasteiger partial charge in [0.15, 0.2) is 0 Å². The maximum atomic E-state index is 12.9. The number of ether oxygens (including phenoxy) is 3. The summed E-state index contributed by atoms with van der Waals surface area (Å²) in [5.74, 6) is 0.957. The van der Waals surface area contributed by atoms with Crippen LogP contribution in [0.25, 0.3) is 0 Å². The van der Waals surface area contributed by atoms with Gasteiger partial charge < -0.3 is 19.5 Å². The highest BCUT2D eigenvalue weighted by Crippen LogP contribution is 2.28. The molecule has 1 aliphatic heterocycles. The Bertz CT molecular complexity index is 775. The molecule has 1 saturated heterocycles. The molecule has 1 unspecified atom stereocenters. The number of halogens is 1. The Balaban J connectivity index is 1.73. The molecular formula is C21H24BrNO4. The maximum absolute atomic E-state index is 12.9. The van der Waals surface area contributed by atoms with Crippen LogP contribution in [0, 0.1) is 0 Å². The van der Waals surface area contributed by atoms with Crippen molar-refractivity contribution in [2.75, 3.05) is 25.1 Å². The van der Waals surface area contributed by atoms with Crippen molar-refractivity contribution in [3.8, 4) is 11.5 Å². The molecule has 1 aliphatic rings. The maximum Gasteiger partial charge on any atom is 0.259 e. The van der Waals surface area contributed by atoms with Crippen molar-refractivity contribution in [2.45, 2.75) is 32.3 Å². The van der Waals surface area contributed by atoms with Gasteiger partial charge in [0.25, 0.3) is 5.91 Å². The zero-order valence-corrected chi connectivity index (χ0v) is 17.0. The van der Waals surface area contributed by atoms with Crippen LogP contribution in [-0.4, -0.2) is 31.8 Å². The summed E-state index contributed by atoms with van der Waals surface area (Å²) in [6.07, 6.45) is 3.06. The third-order valence-corrected chi connectivity index (χ3v) is 4.73. The van der Waals surface area contributed by atoms with E-state index in [-0.39, 0.29) is 12.0 Å². The lowest BCUT2D eigenvalue weighted by molar-refractivity contribution is 0.0682. The normalized spacial score (nSPS) is 16.1. The molecule has 2 aromatic carbocycles. The number of carbonyl (C=O) groups excluding carboxylic acids is 1. The lowest BCUT2D eigenvalue weighted by atomic mass is 10.1. The molecule has 3 rings (SSSR count). The monoisotopic (exact) mass is 433 g/mol. The summed E-state index contributed by atoms with van der Waals surface area (Å²) in [5, 5.41) is 2.94. The van der Waals surface area contributed by atoms with Gasteiger partial charge >= 0.3 is 0 Å². The molecule has 0 aromatic heterocycles. The van der Waals surface area contributed by atoms with Crippen molar-refractivity contribution < 1.29 is 19.0 Å². The van der Waals surface area contributed by atoms with Gasteiger partial charge in [-0.25, -0.2) is 0 Å². The number of para-hydroxylation sites is 2. The van der Waals surface area contributed by atoms with Crippen molar-refractivity contribution in [3.05, 3.63) is 52.5 Å². The number of benzene rings is 2. The van der Waals surface area contributed by atoms with Crippen LogP contribution in [0.5, 0.6) is 11.5 Å². The average molecular weight is 434 g/mol. The molecule has 6 heteroatoms. The van der Waals surface area contributed by atoms with E-state index < -0.39 is 0 Å². The molecule has 1 heterocycles. The molecule has 27 heavy (non-hydrogen) atoms. The highest BCUT2D eigenvalue weighted by atomic mass is 79.9. The first kappa shape index (κ1) is 19.7. The van der Waals surface area contributed by atoms with Gasteiger partial charge in [-0.2, -0.15) is 0 Å². The molecule has 5 nitrogen and oxygen atoms in total. The van der Waals surface area contributed by atoms with E-state index >= 15 is 0 Å². The fourth-order valence-electron chi connectivity index (χ4n) is 2.86. The Morgan fingerprint density at radius 2 is 2.07 bits per heavy atom. The number of hydrogen-bond acceptors (Lipinski definition) is 4. The predicted octanol–water partition coefficient (Wildman–Crippen LogP) is 5.05. The third-order valence-electron chi connectivity index (χ3n) is 4.23. The summed E-state index contributed by atoms with van der Waals surface area (Å²) in [4.78, 5) is 12.9. The lowest BCUT2D eigenvalue weighted by Crippen LogP contribution is -2.18.